The third-order valence-electron chi connectivity index (χ3n) is 2.18. The van der Waals surface area contributed by atoms with E-state index in [1.54, 1.807) is 0 Å². The van der Waals surface area contributed by atoms with Crippen LogP contribution in [0.1, 0.15) is 30.6 Å². The molecule has 70 valence electrons. The maximum absolute atomic E-state index is 11.4. The SMILES string of the molecule is CCc1nsc(CC(=O)C2CC2)n1. The van der Waals surface area contributed by atoms with E-state index < -0.39 is 0 Å². The van der Waals surface area contributed by atoms with Crippen molar-refractivity contribution in [2.24, 2.45) is 5.92 Å². The highest BCUT2D eigenvalue weighted by molar-refractivity contribution is 7.05. The molecule has 0 amide bonds. The van der Waals surface area contributed by atoms with Gasteiger partial charge in [0, 0.05) is 12.3 Å². The van der Waals surface area contributed by atoms with Crippen LogP contribution in [-0.2, 0) is 17.6 Å². The van der Waals surface area contributed by atoms with E-state index in [9.17, 15) is 4.79 Å². The highest BCUT2D eigenvalue weighted by Gasteiger charge is 2.29. The highest BCUT2D eigenvalue weighted by Crippen LogP contribution is 2.31. The second-order valence-corrected chi connectivity index (χ2v) is 4.21. The normalized spacial score (nSPS) is 16.1. The molecule has 0 atom stereocenters. The number of aromatic nitrogens is 2. The van der Waals surface area contributed by atoms with Crippen molar-refractivity contribution in [3.63, 3.8) is 0 Å². The summed E-state index contributed by atoms with van der Waals surface area (Å²) in [6.45, 7) is 2.02. The van der Waals surface area contributed by atoms with Gasteiger partial charge in [-0.3, -0.25) is 4.79 Å². The molecule has 1 aromatic heterocycles. The number of hydrogen-bond acceptors (Lipinski definition) is 4. The molecule has 0 N–H and O–H groups in total. The minimum atomic E-state index is 0.342. The van der Waals surface area contributed by atoms with Crippen molar-refractivity contribution in [3.05, 3.63) is 10.8 Å². The van der Waals surface area contributed by atoms with Crippen molar-refractivity contribution in [3.8, 4) is 0 Å². The maximum atomic E-state index is 11.4. The molecule has 1 aliphatic carbocycles. The average molecular weight is 196 g/mol. The summed E-state index contributed by atoms with van der Waals surface area (Å²) in [6, 6.07) is 0. The van der Waals surface area contributed by atoms with Crippen LogP contribution in [0.5, 0.6) is 0 Å². The second-order valence-electron chi connectivity index (χ2n) is 3.38. The van der Waals surface area contributed by atoms with Gasteiger partial charge in [-0.25, -0.2) is 4.98 Å². The Kier molecular flexibility index (Phi) is 2.40. The molecular formula is C9H12N2OS. The molecule has 1 aliphatic rings. The number of ketones is 1. The van der Waals surface area contributed by atoms with Gasteiger partial charge in [0.25, 0.3) is 0 Å². The maximum Gasteiger partial charge on any atom is 0.142 e. The molecule has 2 rings (SSSR count). The van der Waals surface area contributed by atoms with Gasteiger partial charge < -0.3 is 0 Å². The van der Waals surface area contributed by atoms with Crippen molar-refractivity contribution >= 4 is 17.3 Å². The van der Waals surface area contributed by atoms with Crippen LogP contribution in [-0.4, -0.2) is 15.1 Å². The summed E-state index contributed by atoms with van der Waals surface area (Å²) in [4.78, 5) is 15.7. The minimum absolute atomic E-state index is 0.342. The Bertz CT molecular complexity index is 317. The summed E-state index contributed by atoms with van der Waals surface area (Å²) in [5, 5.41) is 0.883. The van der Waals surface area contributed by atoms with Gasteiger partial charge in [0.05, 0.1) is 6.42 Å². The molecule has 0 aromatic carbocycles. The highest BCUT2D eigenvalue weighted by atomic mass is 32.1. The Morgan fingerprint density at radius 2 is 2.38 bits per heavy atom. The van der Waals surface area contributed by atoms with Crippen LogP contribution in [0.2, 0.25) is 0 Å². The first kappa shape index (κ1) is 8.81. The Balaban J connectivity index is 1.96. The van der Waals surface area contributed by atoms with Gasteiger partial charge in [-0.2, -0.15) is 4.37 Å². The molecule has 1 heterocycles. The molecular weight excluding hydrogens is 184 g/mol. The molecule has 1 aromatic rings. The fraction of sp³-hybridized carbons (Fsp3) is 0.667. The van der Waals surface area contributed by atoms with E-state index in [4.69, 9.17) is 0 Å². The lowest BCUT2D eigenvalue weighted by Crippen LogP contribution is -2.04. The Hall–Kier alpha value is -0.770. The van der Waals surface area contributed by atoms with E-state index in [-0.39, 0.29) is 0 Å². The summed E-state index contributed by atoms with van der Waals surface area (Å²) in [7, 11) is 0. The zero-order chi connectivity index (χ0) is 9.26. The molecule has 0 saturated heterocycles. The molecule has 4 heteroatoms. The molecule has 0 unspecified atom stereocenters. The van der Waals surface area contributed by atoms with Crippen molar-refractivity contribution in [2.75, 3.05) is 0 Å². The molecule has 0 spiro atoms. The first-order chi connectivity index (χ1) is 6.29. The lowest BCUT2D eigenvalue weighted by Gasteiger charge is -1.91. The quantitative estimate of drug-likeness (QED) is 0.735. The standard InChI is InChI=1S/C9H12N2OS/c1-2-8-10-9(13-11-8)5-7(12)6-3-4-6/h6H,2-5H2,1H3. The topological polar surface area (TPSA) is 42.9 Å². The van der Waals surface area contributed by atoms with Gasteiger partial charge >= 0.3 is 0 Å². The lowest BCUT2D eigenvalue weighted by molar-refractivity contribution is -0.119. The van der Waals surface area contributed by atoms with E-state index in [0.717, 1.165) is 30.1 Å². The van der Waals surface area contributed by atoms with E-state index >= 15 is 0 Å². The molecule has 1 fully saturated rings. The van der Waals surface area contributed by atoms with Gasteiger partial charge in [0.15, 0.2) is 0 Å². The summed E-state index contributed by atoms with van der Waals surface area (Å²) in [5.74, 6) is 1.55. The molecule has 3 nitrogen and oxygen atoms in total. The van der Waals surface area contributed by atoms with E-state index in [1.165, 1.54) is 11.5 Å². The monoisotopic (exact) mass is 196 g/mol. The smallest absolute Gasteiger partial charge is 0.142 e. The predicted molar refractivity (Wildman–Crippen MR) is 50.7 cm³/mol. The molecule has 13 heavy (non-hydrogen) atoms. The van der Waals surface area contributed by atoms with Crippen LogP contribution in [0.15, 0.2) is 0 Å². The largest absolute Gasteiger partial charge is 0.299 e. The number of hydrogen-bond donors (Lipinski definition) is 0. The fourth-order valence-corrected chi connectivity index (χ4v) is 1.94. The number of carbonyl (C=O) groups excluding carboxylic acids is 1. The molecule has 1 saturated carbocycles. The Labute approximate surface area is 81.4 Å². The number of aryl methyl sites for hydroxylation is 1. The Morgan fingerprint density at radius 1 is 1.62 bits per heavy atom. The molecule has 0 aliphatic heterocycles. The van der Waals surface area contributed by atoms with E-state index in [1.807, 2.05) is 6.92 Å². The van der Waals surface area contributed by atoms with Crippen molar-refractivity contribution in [1.82, 2.24) is 9.36 Å². The van der Waals surface area contributed by atoms with Crippen LogP contribution in [0.25, 0.3) is 0 Å². The van der Waals surface area contributed by atoms with E-state index in [0.29, 0.717) is 18.1 Å². The van der Waals surface area contributed by atoms with Gasteiger partial charge in [0.2, 0.25) is 0 Å². The number of carbonyl (C=O) groups is 1. The average Bonchev–Trinajstić information content (AvgIpc) is 2.88. The molecule has 0 radical (unpaired) electrons. The van der Waals surface area contributed by atoms with Crippen LogP contribution in [0.4, 0.5) is 0 Å². The van der Waals surface area contributed by atoms with Crippen LogP contribution >= 0.6 is 11.5 Å². The van der Waals surface area contributed by atoms with Gasteiger partial charge in [-0.15, -0.1) is 0 Å². The van der Waals surface area contributed by atoms with Crippen molar-refractivity contribution in [2.45, 2.75) is 32.6 Å². The summed E-state index contributed by atoms with van der Waals surface area (Å²) >= 11 is 1.37. The minimum Gasteiger partial charge on any atom is -0.299 e. The van der Waals surface area contributed by atoms with Crippen LogP contribution in [0, 0.1) is 5.92 Å². The third kappa shape index (κ3) is 2.12. The number of Topliss-reactive ketones (excluding diaryl/α,β-unsaturated/α-hetero) is 1. The summed E-state index contributed by atoms with van der Waals surface area (Å²) < 4.78 is 4.15. The summed E-state index contributed by atoms with van der Waals surface area (Å²) in [6.07, 6.45) is 3.52. The predicted octanol–water partition coefficient (Wildman–Crippen LogP) is 1.62. The van der Waals surface area contributed by atoms with Gasteiger partial charge in [-0.1, -0.05) is 6.92 Å². The first-order valence-corrected chi connectivity index (χ1v) is 5.41. The third-order valence-corrected chi connectivity index (χ3v) is 2.93. The zero-order valence-corrected chi connectivity index (χ0v) is 8.43. The zero-order valence-electron chi connectivity index (χ0n) is 7.62. The summed E-state index contributed by atoms with van der Waals surface area (Å²) in [5.41, 5.74) is 0. The van der Waals surface area contributed by atoms with Crippen LogP contribution < -0.4 is 0 Å². The Morgan fingerprint density at radius 3 is 2.92 bits per heavy atom. The van der Waals surface area contributed by atoms with Gasteiger partial charge in [0.1, 0.15) is 16.6 Å². The van der Waals surface area contributed by atoms with Crippen LogP contribution in [0.3, 0.4) is 0 Å². The number of rotatable bonds is 4. The fourth-order valence-electron chi connectivity index (χ4n) is 1.20. The van der Waals surface area contributed by atoms with Crippen molar-refractivity contribution in [1.29, 1.82) is 0 Å². The van der Waals surface area contributed by atoms with Crippen molar-refractivity contribution < 1.29 is 4.79 Å². The van der Waals surface area contributed by atoms with E-state index in [2.05, 4.69) is 9.36 Å². The first-order valence-electron chi connectivity index (χ1n) is 4.63. The number of nitrogens with zero attached hydrogens (tertiary/aromatic N) is 2. The van der Waals surface area contributed by atoms with Gasteiger partial charge in [-0.05, 0) is 24.4 Å². The molecule has 0 bridgehead atoms. The lowest BCUT2D eigenvalue weighted by atomic mass is 10.2. The second kappa shape index (κ2) is 3.54.